The maximum Gasteiger partial charge on any atom is 0.207 e. The molecule has 0 unspecified atom stereocenters. The van der Waals surface area contributed by atoms with Crippen molar-refractivity contribution in [2.24, 2.45) is 7.05 Å². The Bertz CT molecular complexity index is 466. The van der Waals surface area contributed by atoms with Gasteiger partial charge in [-0.1, -0.05) is 13.8 Å². The van der Waals surface area contributed by atoms with Crippen LogP contribution < -0.4 is 4.57 Å². The van der Waals surface area contributed by atoms with E-state index in [0.29, 0.717) is 5.92 Å². The highest BCUT2D eigenvalue weighted by atomic mass is 15.0. The Hall–Kier alpha value is -1.31. The Morgan fingerprint density at radius 3 is 2.64 bits per heavy atom. The molecule has 2 aromatic heterocycles. The summed E-state index contributed by atoms with van der Waals surface area (Å²) in [6, 6.07) is 4.37. The quantitative estimate of drug-likeness (QED) is 0.608. The van der Waals surface area contributed by atoms with Crippen molar-refractivity contribution in [3.05, 3.63) is 35.9 Å². The van der Waals surface area contributed by atoms with Gasteiger partial charge in [-0.05, 0) is 19.1 Å². The molecule has 0 aliphatic rings. The number of rotatable bonds is 1. The van der Waals surface area contributed by atoms with Crippen LogP contribution in [0.2, 0.25) is 0 Å². The van der Waals surface area contributed by atoms with Crippen molar-refractivity contribution in [3.63, 3.8) is 0 Å². The maximum atomic E-state index is 2.25. The van der Waals surface area contributed by atoms with Gasteiger partial charge in [-0.2, -0.15) is 0 Å². The predicted molar refractivity (Wildman–Crippen MR) is 57.4 cm³/mol. The van der Waals surface area contributed by atoms with Gasteiger partial charge in [0.15, 0.2) is 6.20 Å². The molecule has 0 bridgehead atoms. The molecule has 0 saturated heterocycles. The van der Waals surface area contributed by atoms with Crippen LogP contribution in [0.3, 0.4) is 0 Å². The number of aryl methyl sites for hydroxylation is 2. The molecule has 2 heteroatoms. The predicted octanol–water partition coefficient (Wildman–Crippen LogP) is 2.20. The smallest absolute Gasteiger partial charge is 0.207 e. The van der Waals surface area contributed by atoms with E-state index < -0.39 is 0 Å². The van der Waals surface area contributed by atoms with Crippen LogP contribution in [0.25, 0.3) is 5.52 Å². The Morgan fingerprint density at radius 2 is 2.00 bits per heavy atom. The molecule has 74 valence electrons. The van der Waals surface area contributed by atoms with E-state index in [1.807, 2.05) is 0 Å². The third kappa shape index (κ3) is 1.22. The zero-order valence-corrected chi connectivity index (χ0v) is 9.28. The first-order chi connectivity index (χ1) is 6.61. The van der Waals surface area contributed by atoms with Gasteiger partial charge in [0.25, 0.3) is 0 Å². The van der Waals surface area contributed by atoms with Gasteiger partial charge in [0.2, 0.25) is 5.69 Å². The van der Waals surface area contributed by atoms with Crippen molar-refractivity contribution in [1.29, 1.82) is 0 Å². The Kier molecular flexibility index (Phi) is 2.06. The van der Waals surface area contributed by atoms with Crippen molar-refractivity contribution in [3.8, 4) is 0 Å². The van der Waals surface area contributed by atoms with E-state index >= 15 is 0 Å². The van der Waals surface area contributed by atoms with Crippen LogP contribution in [-0.4, -0.2) is 4.40 Å². The van der Waals surface area contributed by atoms with Crippen molar-refractivity contribution >= 4 is 5.52 Å². The largest absolute Gasteiger partial charge is 0.310 e. The molecule has 0 aromatic carbocycles. The molecule has 0 fully saturated rings. The third-order valence-electron chi connectivity index (χ3n) is 2.75. The molecule has 2 rings (SSSR count). The summed E-state index contributed by atoms with van der Waals surface area (Å²) in [5, 5.41) is 0. The van der Waals surface area contributed by atoms with E-state index in [4.69, 9.17) is 0 Å². The van der Waals surface area contributed by atoms with Gasteiger partial charge < -0.3 is 4.40 Å². The van der Waals surface area contributed by atoms with E-state index in [9.17, 15) is 0 Å². The lowest BCUT2D eigenvalue weighted by Gasteiger charge is -2.06. The number of aromatic nitrogens is 2. The van der Waals surface area contributed by atoms with Gasteiger partial charge in [-0.25, -0.2) is 4.57 Å². The van der Waals surface area contributed by atoms with E-state index in [2.05, 4.69) is 61.3 Å². The SMILES string of the molecule is Cc1ccc2c(C(C)C)[n+](C)ccn12. The van der Waals surface area contributed by atoms with Crippen LogP contribution in [0.15, 0.2) is 24.5 Å². The van der Waals surface area contributed by atoms with Crippen LogP contribution in [0, 0.1) is 6.92 Å². The van der Waals surface area contributed by atoms with Crippen molar-refractivity contribution in [1.82, 2.24) is 4.40 Å². The summed E-state index contributed by atoms with van der Waals surface area (Å²) in [5.41, 5.74) is 4.01. The van der Waals surface area contributed by atoms with Crippen molar-refractivity contribution in [2.75, 3.05) is 0 Å². The van der Waals surface area contributed by atoms with Crippen LogP contribution in [-0.2, 0) is 7.05 Å². The lowest BCUT2D eigenvalue weighted by atomic mass is 10.1. The summed E-state index contributed by atoms with van der Waals surface area (Å²) in [4.78, 5) is 0. The standard InChI is InChI=1S/C12H17N2/c1-9(2)12-11-6-5-10(3)14(11)8-7-13(12)4/h5-9H,1-4H3/q+1. The molecule has 0 spiro atoms. The molecule has 2 heterocycles. The highest BCUT2D eigenvalue weighted by Crippen LogP contribution is 2.18. The summed E-state index contributed by atoms with van der Waals surface area (Å²) in [5.74, 6) is 0.554. The molecule has 0 atom stereocenters. The zero-order chi connectivity index (χ0) is 10.3. The molecule has 0 radical (unpaired) electrons. The molecule has 0 saturated carbocycles. The first-order valence-corrected chi connectivity index (χ1v) is 5.07. The molecule has 0 N–H and O–H groups in total. The number of hydrogen-bond donors (Lipinski definition) is 0. The highest BCUT2D eigenvalue weighted by molar-refractivity contribution is 5.53. The molecular formula is C12H17N2+. The second-order valence-corrected chi connectivity index (χ2v) is 4.18. The van der Waals surface area contributed by atoms with Gasteiger partial charge in [-0.3, -0.25) is 0 Å². The first kappa shape index (κ1) is 9.25. The van der Waals surface area contributed by atoms with Crippen LogP contribution in [0.5, 0.6) is 0 Å². The monoisotopic (exact) mass is 189 g/mol. The average Bonchev–Trinajstić information content (AvgIpc) is 2.47. The van der Waals surface area contributed by atoms with E-state index in [-0.39, 0.29) is 0 Å². The minimum Gasteiger partial charge on any atom is -0.310 e. The van der Waals surface area contributed by atoms with E-state index in [1.54, 1.807) is 0 Å². The van der Waals surface area contributed by atoms with Crippen LogP contribution in [0.1, 0.15) is 31.2 Å². The number of hydrogen-bond acceptors (Lipinski definition) is 0. The van der Waals surface area contributed by atoms with Gasteiger partial charge in [0.05, 0.1) is 6.20 Å². The fourth-order valence-corrected chi connectivity index (χ4v) is 2.09. The summed E-state index contributed by atoms with van der Waals surface area (Å²) < 4.78 is 4.45. The second kappa shape index (κ2) is 3.12. The highest BCUT2D eigenvalue weighted by Gasteiger charge is 2.16. The summed E-state index contributed by atoms with van der Waals surface area (Å²) >= 11 is 0. The van der Waals surface area contributed by atoms with Gasteiger partial charge in [-0.15, -0.1) is 0 Å². The zero-order valence-electron chi connectivity index (χ0n) is 9.28. The summed E-state index contributed by atoms with van der Waals surface area (Å²) in [7, 11) is 2.11. The molecule has 0 aliphatic heterocycles. The lowest BCUT2D eigenvalue weighted by Crippen LogP contribution is -2.34. The lowest BCUT2D eigenvalue weighted by molar-refractivity contribution is -0.679. The number of nitrogens with zero attached hydrogens (tertiary/aromatic N) is 2. The second-order valence-electron chi connectivity index (χ2n) is 4.18. The van der Waals surface area contributed by atoms with Crippen molar-refractivity contribution in [2.45, 2.75) is 26.7 Å². The van der Waals surface area contributed by atoms with Gasteiger partial charge >= 0.3 is 0 Å². The molecular weight excluding hydrogens is 172 g/mol. The first-order valence-electron chi connectivity index (χ1n) is 5.07. The van der Waals surface area contributed by atoms with Crippen molar-refractivity contribution < 1.29 is 4.57 Å². The van der Waals surface area contributed by atoms with Gasteiger partial charge in [0.1, 0.15) is 12.6 Å². The minimum atomic E-state index is 0.554. The molecule has 2 nitrogen and oxygen atoms in total. The minimum absolute atomic E-state index is 0.554. The molecule has 0 aliphatic carbocycles. The normalized spacial score (nSPS) is 11.5. The van der Waals surface area contributed by atoms with Gasteiger partial charge in [0, 0.05) is 11.6 Å². The maximum absolute atomic E-state index is 2.25. The molecule has 14 heavy (non-hydrogen) atoms. The Labute approximate surface area is 84.8 Å². The fraction of sp³-hybridized carbons (Fsp3) is 0.417. The van der Waals surface area contributed by atoms with Crippen LogP contribution >= 0.6 is 0 Å². The summed E-state index contributed by atoms with van der Waals surface area (Å²) in [6.07, 6.45) is 4.24. The fourth-order valence-electron chi connectivity index (χ4n) is 2.09. The average molecular weight is 189 g/mol. The topological polar surface area (TPSA) is 8.29 Å². The Morgan fingerprint density at radius 1 is 1.29 bits per heavy atom. The van der Waals surface area contributed by atoms with E-state index in [0.717, 1.165) is 0 Å². The number of fused-ring (bicyclic) bond motifs is 1. The van der Waals surface area contributed by atoms with Crippen LogP contribution in [0.4, 0.5) is 0 Å². The third-order valence-corrected chi connectivity index (χ3v) is 2.75. The van der Waals surface area contributed by atoms with E-state index in [1.165, 1.54) is 16.9 Å². The summed E-state index contributed by atoms with van der Waals surface area (Å²) in [6.45, 7) is 6.60. The molecule has 0 amide bonds. The Balaban J connectivity index is 2.83. The molecule has 2 aromatic rings.